The van der Waals surface area contributed by atoms with E-state index in [-0.39, 0.29) is 13.4 Å². The highest BCUT2D eigenvalue weighted by Crippen LogP contribution is 2.38. The van der Waals surface area contributed by atoms with Crippen LogP contribution in [-0.4, -0.2) is 25.1 Å². The van der Waals surface area contributed by atoms with E-state index in [0.29, 0.717) is 18.9 Å². The zero-order valence-corrected chi connectivity index (χ0v) is 10.4. The minimum absolute atomic E-state index is 0.234. The summed E-state index contributed by atoms with van der Waals surface area (Å²) < 4.78 is 16.3. The zero-order chi connectivity index (χ0) is 12.8. The van der Waals surface area contributed by atoms with E-state index < -0.39 is 0 Å². The SMILES string of the molecule is NCc1cc2c(cc1OCCCCCO)OCO2. The lowest BCUT2D eigenvalue weighted by molar-refractivity contribution is 0.173. The third-order valence-corrected chi connectivity index (χ3v) is 2.84. The number of aliphatic hydroxyl groups excluding tert-OH is 1. The fourth-order valence-corrected chi connectivity index (χ4v) is 1.83. The summed E-state index contributed by atoms with van der Waals surface area (Å²) in [6.45, 7) is 1.51. The first-order chi connectivity index (χ1) is 8.85. The van der Waals surface area contributed by atoms with Crippen molar-refractivity contribution in [1.82, 2.24) is 0 Å². The van der Waals surface area contributed by atoms with Crippen molar-refractivity contribution in [2.24, 2.45) is 5.73 Å². The van der Waals surface area contributed by atoms with Gasteiger partial charge in [0, 0.05) is 24.8 Å². The molecule has 0 unspecified atom stereocenters. The molecule has 1 aliphatic rings. The molecular formula is C13H19NO4. The molecule has 0 aliphatic carbocycles. The third-order valence-electron chi connectivity index (χ3n) is 2.84. The molecule has 1 aromatic carbocycles. The Hall–Kier alpha value is -1.46. The van der Waals surface area contributed by atoms with Crippen molar-refractivity contribution in [2.75, 3.05) is 20.0 Å². The lowest BCUT2D eigenvalue weighted by Gasteiger charge is -2.11. The van der Waals surface area contributed by atoms with Crippen LogP contribution in [0.25, 0.3) is 0 Å². The van der Waals surface area contributed by atoms with Gasteiger partial charge in [-0.1, -0.05) is 0 Å². The van der Waals surface area contributed by atoms with Crippen molar-refractivity contribution in [2.45, 2.75) is 25.8 Å². The van der Waals surface area contributed by atoms with Crippen LogP contribution in [0, 0.1) is 0 Å². The van der Waals surface area contributed by atoms with E-state index in [4.69, 9.17) is 25.1 Å². The summed E-state index contributed by atoms with van der Waals surface area (Å²) in [5.74, 6) is 2.19. The van der Waals surface area contributed by atoms with Crippen LogP contribution in [0.3, 0.4) is 0 Å². The minimum atomic E-state index is 0.234. The number of hydrogen-bond acceptors (Lipinski definition) is 5. The zero-order valence-electron chi connectivity index (χ0n) is 10.4. The van der Waals surface area contributed by atoms with Crippen molar-refractivity contribution in [1.29, 1.82) is 0 Å². The largest absolute Gasteiger partial charge is 0.493 e. The van der Waals surface area contributed by atoms with Crippen LogP contribution in [0.1, 0.15) is 24.8 Å². The van der Waals surface area contributed by atoms with Crippen molar-refractivity contribution in [3.8, 4) is 17.2 Å². The molecule has 0 bridgehead atoms. The van der Waals surface area contributed by atoms with Crippen molar-refractivity contribution in [3.05, 3.63) is 17.7 Å². The molecule has 0 saturated carbocycles. The molecule has 5 heteroatoms. The van der Waals surface area contributed by atoms with Gasteiger partial charge in [0.1, 0.15) is 5.75 Å². The molecule has 0 amide bonds. The normalized spacial score (nSPS) is 12.8. The molecule has 1 aliphatic heterocycles. The van der Waals surface area contributed by atoms with E-state index in [9.17, 15) is 0 Å². The fraction of sp³-hybridized carbons (Fsp3) is 0.538. The summed E-state index contributed by atoms with van der Waals surface area (Å²) in [7, 11) is 0. The van der Waals surface area contributed by atoms with E-state index in [2.05, 4.69) is 0 Å². The van der Waals surface area contributed by atoms with Gasteiger partial charge < -0.3 is 25.1 Å². The second-order valence-electron chi connectivity index (χ2n) is 4.15. The average Bonchev–Trinajstić information content (AvgIpc) is 2.84. The van der Waals surface area contributed by atoms with Crippen molar-refractivity contribution in [3.63, 3.8) is 0 Å². The number of unbranched alkanes of at least 4 members (excludes halogenated alkanes) is 2. The highest BCUT2D eigenvalue weighted by atomic mass is 16.7. The Bertz CT molecular complexity index is 395. The smallest absolute Gasteiger partial charge is 0.231 e. The molecule has 0 saturated heterocycles. The number of rotatable bonds is 7. The van der Waals surface area contributed by atoms with Gasteiger partial charge in [-0.2, -0.15) is 0 Å². The number of aliphatic hydroxyl groups is 1. The molecule has 0 atom stereocenters. The Balaban J connectivity index is 1.94. The van der Waals surface area contributed by atoms with Gasteiger partial charge in [0.15, 0.2) is 11.5 Å². The Labute approximate surface area is 106 Å². The molecule has 1 aromatic rings. The number of ether oxygens (including phenoxy) is 3. The summed E-state index contributed by atoms with van der Waals surface area (Å²) in [5, 5.41) is 8.68. The number of nitrogens with two attached hydrogens (primary N) is 1. The standard InChI is InChI=1S/C13H19NO4/c14-8-10-6-12-13(18-9-17-12)7-11(10)16-5-3-1-2-4-15/h6-7,15H,1-5,8-9,14H2. The van der Waals surface area contributed by atoms with Crippen LogP contribution < -0.4 is 19.9 Å². The summed E-state index contributed by atoms with van der Waals surface area (Å²) >= 11 is 0. The van der Waals surface area contributed by atoms with E-state index in [1.54, 1.807) is 0 Å². The molecule has 1 heterocycles. The number of fused-ring (bicyclic) bond motifs is 1. The predicted molar refractivity (Wildman–Crippen MR) is 66.9 cm³/mol. The molecular weight excluding hydrogens is 234 g/mol. The molecule has 3 N–H and O–H groups in total. The molecule has 0 aromatic heterocycles. The van der Waals surface area contributed by atoms with Crippen LogP contribution in [-0.2, 0) is 6.54 Å². The van der Waals surface area contributed by atoms with Crippen LogP contribution in [0.2, 0.25) is 0 Å². The minimum Gasteiger partial charge on any atom is -0.493 e. The molecule has 0 radical (unpaired) electrons. The molecule has 100 valence electrons. The van der Waals surface area contributed by atoms with Gasteiger partial charge in [-0.05, 0) is 25.3 Å². The molecule has 18 heavy (non-hydrogen) atoms. The number of benzene rings is 1. The topological polar surface area (TPSA) is 73.9 Å². The summed E-state index contributed by atoms with van der Waals surface area (Å²) in [4.78, 5) is 0. The number of hydrogen-bond donors (Lipinski definition) is 2. The Kier molecular flexibility index (Phi) is 4.66. The van der Waals surface area contributed by atoms with Gasteiger partial charge in [-0.15, -0.1) is 0 Å². The van der Waals surface area contributed by atoms with Gasteiger partial charge >= 0.3 is 0 Å². The Morgan fingerprint density at radius 1 is 1.17 bits per heavy atom. The summed E-state index contributed by atoms with van der Waals surface area (Å²) in [5.41, 5.74) is 6.61. The van der Waals surface area contributed by atoms with Crippen molar-refractivity contribution >= 4 is 0 Å². The van der Waals surface area contributed by atoms with Crippen molar-refractivity contribution < 1.29 is 19.3 Å². The van der Waals surface area contributed by atoms with Gasteiger partial charge in [-0.3, -0.25) is 0 Å². The Morgan fingerprint density at radius 3 is 2.67 bits per heavy atom. The van der Waals surface area contributed by atoms with Gasteiger partial charge in [0.25, 0.3) is 0 Å². The maximum absolute atomic E-state index is 8.68. The van der Waals surface area contributed by atoms with Crippen LogP contribution >= 0.6 is 0 Å². The predicted octanol–water partition coefficient (Wildman–Crippen LogP) is 1.42. The van der Waals surface area contributed by atoms with Gasteiger partial charge in [-0.25, -0.2) is 0 Å². The van der Waals surface area contributed by atoms with E-state index in [0.717, 1.165) is 36.3 Å². The summed E-state index contributed by atoms with van der Waals surface area (Å²) in [6, 6.07) is 3.70. The maximum atomic E-state index is 8.68. The highest BCUT2D eigenvalue weighted by molar-refractivity contribution is 5.51. The highest BCUT2D eigenvalue weighted by Gasteiger charge is 2.17. The van der Waals surface area contributed by atoms with E-state index in [1.165, 1.54) is 0 Å². The molecule has 0 spiro atoms. The monoisotopic (exact) mass is 253 g/mol. The first-order valence-electron chi connectivity index (χ1n) is 6.21. The summed E-state index contributed by atoms with van der Waals surface area (Å²) in [6.07, 6.45) is 2.69. The van der Waals surface area contributed by atoms with Crippen LogP contribution in [0.15, 0.2) is 12.1 Å². The quantitative estimate of drug-likeness (QED) is 0.719. The van der Waals surface area contributed by atoms with E-state index >= 15 is 0 Å². The lowest BCUT2D eigenvalue weighted by atomic mass is 10.1. The second kappa shape index (κ2) is 6.47. The molecule has 2 rings (SSSR count). The van der Waals surface area contributed by atoms with E-state index in [1.807, 2.05) is 12.1 Å². The van der Waals surface area contributed by atoms with Crippen LogP contribution in [0.5, 0.6) is 17.2 Å². The Morgan fingerprint density at radius 2 is 1.94 bits per heavy atom. The third kappa shape index (κ3) is 3.05. The van der Waals surface area contributed by atoms with Crippen LogP contribution in [0.4, 0.5) is 0 Å². The first-order valence-corrected chi connectivity index (χ1v) is 6.21. The fourth-order valence-electron chi connectivity index (χ4n) is 1.83. The lowest BCUT2D eigenvalue weighted by Crippen LogP contribution is -2.04. The second-order valence-corrected chi connectivity index (χ2v) is 4.15. The molecule has 5 nitrogen and oxygen atoms in total. The first kappa shape index (κ1) is 13.0. The van der Waals surface area contributed by atoms with Gasteiger partial charge in [0.05, 0.1) is 6.61 Å². The maximum Gasteiger partial charge on any atom is 0.231 e. The van der Waals surface area contributed by atoms with Gasteiger partial charge in [0.2, 0.25) is 6.79 Å². The average molecular weight is 253 g/mol. The molecule has 0 fully saturated rings.